The molecule has 4 aliphatic rings. The molecule has 0 unspecified atom stereocenters. The van der Waals surface area contributed by atoms with Crippen molar-refractivity contribution in [3.63, 3.8) is 0 Å². The number of rotatable bonds is 12. The maximum atomic E-state index is 6.07. The Kier molecular flexibility index (Phi) is 34.2. The topological polar surface area (TPSA) is 64.4 Å². The predicted molar refractivity (Wildman–Crippen MR) is 437 cm³/mol. The SMILES string of the molecule is C=C/C=C\C(=C/C)c1cccc(/C(=C2\C(/C=C\C)=C(CC)C\C2=N\N)c2ccc(C)c(-c3ccccc3)c2)c1.C=C1Cc2ccccc2/C1=C(\c1ccc(-c2ccccc2)cc1)c1ccc(C)c(C2=C(C)CCC=C2)c1.CC.CC.CC.CC1=CCCC=C1.CN.Cc1ccccc1. The summed E-state index contributed by atoms with van der Waals surface area (Å²) in [5.74, 6) is 6.07. The molecule has 0 atom stereocenters. The van der Waals surface area contributed by atoms with Crippen LogP contribution in [0.3, 0.4) is 0 Å². The molecule has 12 rings (SSSR count). The monoisotopic (exact) mass is 1290 g/mol. The fourth-order valence-electron chi connectivity index (χ4n) is 12.4. The smallest absolute Gasteiger partial charge is 0.0725 e. The van der Waals surface area contributed by atoms with Crippen LogP contribution < -0.4 is 11.6 Å². The first kappa shape index (κ1) is 78.8. The minimum Gasteiger partial charge on any atom is -0.333 e. The Hall–Kier alpha value is -9.93. The Morgan fingerprint density at radius 2 is 1.06 bits per heavy atom. The highest BCUT2D eigenvalue weighted by molar-refractivity contribution is 6.17. The molecule has 4 aliphatic carbocycles. The minimum atomic E-state index is 0.769. The fourth-order valence-corrected chi connectivity index (χ4v) is 12.4. The highest BCUT2D eigenvalue weighted by Crippen LogP contribution is 2.46. The molecule has 0 spiro atoms. The molecule has 0 aliphatic heterocycles. The lowest BCUT2D eigenvalue weighted by Crippen LogP contribution is -2.06. The van der Waals surface area contributed by atoms with Crippen LogP contribution in [0.5, 0.6) is 0 Å². The summed E-state index contributed by atoms with van der Waals surface area (Å²) in [5, 5.41) is 4.33. The molecule has 0 fully saturated rings. The molecular formula is C95H111N3. The van der Waals surface area contributed by atoms with Crippen LogP contribution in [0.4, 0.5) is 0 Å². The Labute approximate surface area is 592 Å². The summed E-state index contributed by atoms with van der Waals surface area (Å²) < 4.78 is 0. The molecule has 0 bridgehead atoms. The molecule has 3 nitrogen and oxygen atoms in total. The summed E-state index contributed by atoms with van der Waals surface area (Å²) in [6, 6.07) is 71.8. The highest BCUT2D eigenvalue weighted by Gasteiger charge is 2.29. The lowest BCUT2D eigenvalue weighted by atomic mass is 9.84. The van der Waals surface area contributed by atoms with Crippen molar-refractivity contribution in [1.82, 2.24) is 0 Å². The molecule has 8 aromatic carbocycles. The van der Waals surface area contributed by atoms with Gasteiger partial charge in [-0.05, 0) is 229 Å². The predicted octanol–water partition coefficient (Wildman–Crippen LogP) is 26.4. The number of hydrogen-bond donors (Lipinski definition) is 2. The molecule has 4 N–H and O–H groups in total. The van der Waals surface area contributed by atoms with Crippen LogP contribution in [0.15, 0.2) is 319 Å². The van der Waals surface area contributed by atoms with Crippen LogP contribution in [-0.4, -0.2) is 12.8 Å². The molecule has 98 heavy (non-hydrogen) atoms. The largest absolute Gasteiger partial charge is 0.333 e. The van der Waals surface area contributed by atoms with Gasteiger partial charge in [0.2, 0.25) is 0 Å². The first-order chi connectivity index (χ1) is 47.9. The maximum absolute atomic E-state index is 6.07. The van der Waals surface area contributed by atoms with Gasteiger partial charge in [-0.2, -0.15) is 5.10 Å². The van der Waals surface area contributed by atoms with E-state index >= 15 is 0 Å². The summed E-state index contributed by atoms with van der Waals surface area (Å²) >= 11 is 0. The van der Waals surface area contributed by atoms with Gasteiger partial charge in [-0.15, -0.1) is 0 Å². The molecular weight excluding hydrogens is 1180 g/mol. The van der Waals surface area contributed by atoms with E-state index in [2.05, 4.69) is 316 Å². The first-order valence-electron chi connectivity index (χ1n) is 35.6. The maximum Gasteiger partial charge on any atom is 0.0725 e. The summed E-state index contributed by atoms with van der Waals surface area (Å²) in [5.41, 5.74) is 38.1. The third-order valence-electron chi connectivity index (χ3n) is 17.2. The van der Waals surface area contributed by atoms with Gasteiger partial charge in [0.25, 0.3) is 0 Å². The van der Waals surface area contributed by atoms with Gasteiger partial charge in [-0.1, -0.05) is 333 Å². The van der Waals surface area contributed by atoms with Gasteiger partial charge in [0.15, 0.2) is 0 Å². The van der Waals surface area contributed by atoms with E-state index in [9.17, 15) is 0 Å². The number of aryl methyl sites for hydroxylation is 3. The molecule has 0 amide bonds. The van der Waals surface area contributed by atoms with E-state index in [0.717, 1.165) is 71.2 Å². The lowest BCUT2D eigenvalue weighted by molar-refractivity contribution is 0.967. The Balaban J connectivity index is 0.000000271. The van der Waals surface area contributed by atoms with Gasteiger partial charge in [0.05, 0.1) is 5.71 Å². The van der Waals surface area contributed by atoms with E-state index in [1.165, 1.54) is 131 Å². The fraction of sp³-hybridized carbons (Fsp3) is 0.232. The van der Waals surface area contributed by atoms with E-state index in [0.29, 0.717) is 0 Å². The van der Waals surface area contributed by atoms with E-state index in [-0.39, 0.29) is 0 Å². The molecule has 0 saturated heterocycles. The number of fused-ring (bicyclic) bond motifs is 1. The molecule has 3 heteroatoms. The van der Waals surface area contributed by atoms with Gasteiger partial charge >= 0.3 is 0 Å². The van der Waals surface area contributed by atoms with Gasteiger partial charge in [0, 0.05) is 12.0 Å². The number of hydrazone groups is 1. The third kappa shape index (κ3) is 21.3. The zero-order valence-electron chi connectivity index (χ0n) is 61.9. The van der Waals surface area contributed by atoms with Crippen LogP contribution in [0.25, 0.3) is 50.1 Å². The van der Waals surface area contributed by atoms with Gasteiger partial charge < -0.3 is 11.6 Å². The first-order valence-corrected chi connectivity index (χ1v) is 35.6. The van der Waals surface area contributed by atoms with Crippen molar-refractivity contribution in [3.05, 3.63) is 375 Å². The zero-order valence-corrected chi connectivity index (χ0v) is 61.9. The van der Waals surface area contributed by atoms with Crippen molar-refractivity contribution in [2.75, 3.05) is 7.05 Å². The van der Waals surface area contributed by atoms with Crippen LogP contribution in [0.2, 0.25) is 0 Å². The number of allylic oxidation sites excluding steroid dienone is 20. The van der Waals surface area contributed by atoms with Crippen LogP contribution in [0, 0.1) is 20.8 Å². The number of benzene rings is 8. The molecule has 0 heterocycles. The van der Waals surface area contributed by atoms with Crippen molar-refractivity contribution >= 4 is 33.6 Å². The molecule has 8 aromatic rings. The number of nitrogens with two attached hydrogens (primary N) is 2. The standard InChI is InChI=1S/C37H38N2.C37H32.C7H10.C7H8.3C2H6.CH5N/c1-6-10-16-27(8-3)30-19-14-20-31(23-30)36(37-33(15-7-2)28(9-4)25-35(37)39-38)32-22-21-26(5)34(24-32)29-17-12-11-13-18-29;1-25-11-7-9-15-33(25)35-24-32(18-17-26(35)2)37(36-27(3)23-31-14-8-10-16-34(31)36)30-21-19-29(20-22-30)28-12-5-4-6-13-28;2*1-7-5-3-2-4-6-7;4*1-2/h6-8,10-24H,1,9,25,38H2,2-5H3;4-6,8-10,12-22,24H,3,7,11,23H2,1-2H3;3,5-6H,2,4H2,1H3;2-6H,1H3;3*1-2H3;2H2,1H3/b15-7-,16-10-,27-8+,37-36-,39-35-;37-36+;;;;;;. The van der Waals surface area contributed by atoms with Crippen LogP contribution in [-0.2, 0) is 6.42 Å². The summed E-state index contributed by atoms with van der Waals surface area (Å²) in [4.78, 5) is 0. The van der Waals surface area contributed by atoms with Crippen molar-refractivity contribution in [2.24, 2.45) is 16.7 Å². The van der Waals surface area contributed by atoms with Crippen molar-refractivity contribution < 1.29 is 0 Å². The number of hydrogen-bond acceptors (Lipinski definition) is 3. The Bertz CT molecular complexity index is 4220. The Morgan fingerprint density at radius 1 is 0.520 bits per heavy atom. The van der Waals surface area contributed by atoms with Crippen molar-refractivity contribution in [3.8, 4) is 22.3 Å². The van der Waals surface area contributed by atoms with Gasteiger partial charge in [-0.3, -0.25) is 0 Å². The van der Waals surface area contributed by atoms with Gasteiger partial charge in [0.1, 0.15) is 0 Å². The molecule has 0 saturated carbocycles. The normalized spacial score (nSPS) is 15.0. The third-order valence-corrected chi connectivity index (χ3v) is 17.2. The van der Waals surface area contributed by atoms with Crippen molar-refractivity contribution in [2.45, 2.75) is 142 Å². The Morgan fingerprint density at radius 3 is 1.60 bits per heavy atom. The molecule has 0 aromatic heterocycles. The van der Waals surface area contributed by atoms with E-state index in [1.54, 1.807) is 6.08 Å². The summed E-state index contributed by atoms with van der Waals surface area (Å²) in [6.07, 6.45) is 31.0. The average molecular weight is 1290 g/mol. The second kappa shape index (κ2) is 42.6. The quantitative estimate of drug-likeness (QED) is 0.0727. The van der Waals surface area contributed by atoms with Crippen molar-refractivity contribution in [1.29, 1.82) is 0 Å². The van der Waals surface area contributed by atoms with Crippen LogP contribution in [0.1, 0.15) is 176 Å². The lowest BCUT2D eigenvalue weighted by Gasteiger charge is -2.19. The molecule has 0 radical (unpaired) electrons. The average Bonchev–Trinajstić information content (AvgIpc) is 1.52. The van der Waals surface area contributed by atoms with E-state index < -0.39 is 0 Å². The second-order valence-corrected chi connectivity index (χ2v) is 23.6. The van der Waals surface area contributed by atoms with E-state index in [1.807, 2.05) is 65.8 Å². The molecule has 506 valence electrons. The highest BCUT2D eigenvalue weighted by atomic mass is 15.1. The second-order valence-electron chi connectivity index (χ2n) is 23.6. The van der Waals surface area contributed by atoms with E-state index in [4.69, 9.17) is 5.84 Å². The van der Waals surface area contributed by atoms with Crippen LogP contribution >= 0.6 is 0 Å². The number of nitrogens with zero attached hydrogens (tertiary/aromatic N) is 1. The summed E-state index contributed by atoms with van der Waals surface area (Å²) in [7, 11) is 1.50. The van der Waals surface area contributed by atoms with Gasteiger partial charge in [-0.25, -0.2) is 0 Å². The minimum absolute atomic E-state index is 0.769. The summed E-state index contributed by atoms with van der Waals surface area (Å²) in [6.45, 7) is 37.6. The zero-order chi connectivity index (χ0) is 71.4.